The van der Waals surface area contributed by atoms with Gasteiger partial charge >= 0.3 is 0 Å². The maximum absolute atomic E-state index is 12.4. The van der Waals surface area contributed by atoms with E-state index in [4.69, 9.17) is 0 Å². The zero-order chi connectivity index (χ0) is 13.9. The molecule has 2 rings (SSSR count). The molecule has 2 unspecified atom stereocenters. The Morgan fingerprint density at radius 2 is 2.32 bits per heavy atom. The fraction of sp³-hybridized carbons (Fsp3) is 0.600. The zero-order valence-electron chi connectivity index (χ0n) is 11.9. The van der Waals surface area contributed by atoms with Gasteiger partial charge in [0, 0.05) is 6.20 Å². The van der Waals surface area contributed by atoms with E-state index in [0.717, 1.165) is 25.1 Å². The number of hydrogen-bond donors (Lipinski definition) is 2. The van der Waals surface area contributed by atoms with Crippen LogP contribution in [0.15, 0.2) is 24.4 Å². The third-order valence-corrected chi connectivity index (χ3v) is 3.88. The molecule has 2 atom stereocenters. The lowest BCUT2D eigenvalue weighted by Crippen LogP contribution is -2.55. The molecule has 0 aliphatic carbocycles. The Kier molecular flexibility index (Phi) is 4.20. The monoisotopic (exact) mass is 261 g/mol. The third-order valence-electron chi connectivity index (χ3n) is 3.88. The van der Waals surface area contributed by atoms with Crippen LogP contribution in [-0.2, 0) is 4.79 Å². The van der Waals surface area contributed by atoms with Crippen LogP contribution in [0.1, 0.15) is 45.3 Å². The molecule has 1 fully saturated rings. The molecule has 1 aromatic heterocycles. The van der Waals surface area contributed by atoms with Gasteiger partial charge in [-0.3, -0.25) is 9.78 Å². The van der Waals surface area contributed by atoms with E-state index in [0.29, 0.717) is 0 Å². The molecule has 2 N–H and O–H groups in total. The van der Waals surface area contributed by atoms with Crippen LogP contribution in [0.25, 0.3) is 0 Å². The quantitative estimate of drug-likeness (QED) is 0.875. The van der Waals surface area contributed by atoms with Crippen molar-refractivity contribution in [1.82, 2.24) is 15.6 Å². The third kappa shape index (κ3) is 3.32. The summed E-state index contributed by atoms with van der Waals surface area (Å²) in [5.74, 6) is 0.0721. The fourth-order valence-electron chi connectivity index (χ4n) is 2.66. The number of rotatable bonds is 3. The first-order chi connectivity index (χ1) is 9.00. The average Bonchev–Trinajstić information content (AvgIpc) is 2.39. The van der Waals surface area contributed by atoms with Crippen molar-refractivity contribution < 1.29 is 4.79 Å². The molecule has 0 saturated carbocycles. The van der Waals surface area contributed by atoms with E-state index in [1.54, 1.807) is 6.20 Å². The van der Waals surface area contributed by atoms with Gasteiger partial charge in [-0.1, -0.05) is 19.9 Å². The Labute approximate surface area is 115 Å². The standard InChI is InChI=1S/C15H23N3O/c1-11(12-7-4-5-9-16-12)18-14(19)13-15(2,3)8-6-10-17-13/h4-5,7,9,11,13,17H,6,8,10H2,1-3H3,(H,18,19). The number of pyridine rings is 1. The summed E-state index contributed by atoms with van der Waals surface area (Å²) in [6.45, 7) is 7.18. The maximum atomic E-state index is 12.4. The molecule has 1 amide bonds. The molecule has 104 valence electrons. The average molecular weight is 261 g/mol. The summed E-state index contributed by atoms with van der Waals surface area (Å²) >= 11 is 0. The Balaban J connectivity index is 2.01. The SMILES string of the molecule is CC(NC(=O)C1NCCCC1(C)C)c1ccccn1. The Hall–Kier alpha value is -1.42. The minimum absolute atomic E-state index is 0.00612. The van der Waals surface area contributed by atoms with E-state index < -0.39 is 0 Å². The summed E-state index contributed by atoms with van der Waals surface area (Å²) in [4.78, 5) is 16.7. The number of carbonyl (C=O) groups excluding carboxylic acids is 1. The summed E-state index contributed by atoms with van der Waals surface area (Å²) in [6.07, 6.45) is 3.96. The highest BCUT2D eigenvalue weighted by Crippen LogP contribution is 2.30. The molecule has 4 heteroatoms. The molecule has 2 heterocycles. The van der Waals surface area contributed by atoms with Crippen LogP contribution in [-0.4, -0.2) is 23.5 Å². The number of nitrogens with zero attached hydrogens (tertiary/aromatic N) is 1. The van der Waals surface area contributed by atoms with Crippen LogP contribution in [0, 0.1) is 5.41 Å². The topological polar surface area (TPSA) is 54.0 Å². The van der Waals surface area contributed by atoms with Gasteiger partial charge in [-0.05, 0) is 43.9 Å². The second-order valence-electron chi connectivity index (χ2n) is 5.96. The van der Waals surface area contributed by atoms with Crippen LogP contribution < -0.4 is 10.6 Å². The fourth-order valence-corrected chi connectivity index (χ4v) is 2.66. The van der Waals surface area contributed by atoms with Crippen LogP contribution in [0.3, 0.4) is 0 Å². The molecule has 0 aromatic carbocycles. The molecule has 4 nitrogen and oxygen atoms in total. The smallest absolute Gasteiger partial charge is 0.238 e. The van der Waals surface area contributed by atoms with Gasteiger partial charge in [-0.15, -0.1) is 0 Å². The molecule has 0 bridgehead atoms. The number of carbonyl (C=O) groups is 1. The zero-order valence-corrected chi connectivity index (χ0v) is 11.9. The van der Waals surface area contributed by atoms with Crippen LogP contribution in [0.5, 0.6) is 0 Å². The highest BCUT2D eigenvalue weighted by Gasteiger charge is 2.37. The van der Waals surface area contributed by atoms with Gasteiger partial charge in [0.1, 0.15) is 0 Å². The molecule has 19 heavy (non-hydrogen) atoms. The van der Waals surface area contributed by atoms with Gasteiger partial charge in [0.15, 0.2) is 0 Å². The van der Waals surface area contributed by atoms with E-state index in [2.05, 4.69) is 29.5 Å². The van der Waals surface area contributed by atoms with E-state index >= 15 is 0 Å². The minimum atomic E-state index is -0.118. The van der Waals surface area contributed by atoms with Crippen molar-refractivity contribution >= 4 is 5.91 Å². The number of piperidine rings is 1. The van der Waals surface area contributed by atoms with Gasteiger partial charge in [0.05, 0.1) is 17.8 Å². The first-order valence-electron chi connectivity index (χ1n) is 6.95. The molecule has 1 aliphatic rings. The van der Waals surface area contributed by atoms with Crippen molar-refractivity contribution in [3.05, 3.63) is 30.1 Å². The number of nitrogens with one attached hydrogen (secondary N) is 2. The number of aromatic nitrogens is 1. The molecule has 1 aromatic rings. The molecule has 0 radical (unpaired) electrons. The molecule has 1 aliphatic heterocycles. The van der Waals surface area contributed by atoms with E-state index in [-0.39, 0.29) is 23.4 Å². The highest BCUT2D eigenvalue weighted by atomic mass is 16.2. The Bertz CT molecular complexity index is 430. The number of amides is 1. The number of hydrogen-bond acceptors (Lipinski definition) is 3. The maximum Gasteiger partial charge on any atom is 0.238 e. The Morgan fingerprint density at radius 1 is 1.53 bits per heavy atom. The van der Waals surface area contributed by atoms with Gasteiger partial charge in [-0.25, -0.2) is 0 Å². The lowest BCUT2D eigenvalue weighted by atomic mass is 9.77. The lowest BCUT2D eigenvalue weighted by molar-refractivity contribution is -0.127. The molecule has 0 spiro atoms. The summed E-state index contributed by atoms with van der Waals surface area (Å²) in [6, 6.07) is 5.57. The van der Waals surface area contributed by atoms with E-state index in [1.807, 2.05) is 25.1 Å². The van der Waals surface area contributed by atoms with Crippen LogP contribution in [0.2, 0.25) is 0 Å². The van der Waals surface area contributed by atoms with Gasteiger partial charge in [-0.2, -0.15) is 0 Å². The Morgan fingerprint density at radius 3 is 2.95 bits per heavy atom. The van der Waals surface area contributed by atoms with Crippen LogP contribution >= 0.6 is 0 Å². The van der Waals surface area contributed by atoms with Crippen molar-refractivity contribution in [3.8, 4) is 0 Å². The van der Waals surface area contributed by atoms with Crippen molar-refractivity contribution in [3.63, 3.8) is 0 Å². The normalized spacial score (nSPS) is 23.6. The summed E-state index contributed by atoms with van der Waals surface area (Å²) < 4.78 is 0. The first-order valence-corrected chi connectivity index (χ1v) is 6.95. The van der Waals surface area contributed by atoms with Crippen molar-refractivity contribution in [1.29, 1.82) is 0 Å². The van der Waals surface area contributed by atoms with Crippen molar-refractivity contribution in [2.24, 2.45) is 5.41 Å². The van der Waals surface area contributed by atoms with E-state index in [1.165, 1.54) is 0 Å². The molecule has 1 saturated heterocycles. The van der Waals surface area contributed by atoms with Crippen LogP contribution in [0.4, 0.5) is 0 Å². The predicted octanol–water partition coefficient (Wildman–Crippen LogP) is 2.04. The predicted molar refractivity (Wildman–Crippen MR) is 75.6 cm³/mol. The van der Waals surface area contributed by atoms with Gasteiger partial charge in [0.2, 0.25) is 5.91 Å². The molecular formula is C15H23N3O. The van der Waals surface area contributed by atoms with E-state index in [9.17, 15) is 4.79 Å². The van der Waals surface area contributed by atoms with Gasteiger partial charge in [0.25, 0.3) is 0 Å². The minimum Gasteiger partial charge on any atom is -0.347 e. The second kappa shape index (κ2) is 5.70. The summed E-state index contributed by atoms with van der Waals surface area (Å²) in [5, 5.41) is 6.39. The molecular weight excluding hydrogens is 238 g/mol. The first kappa shape index (κ1) is 14.0. The van der Waals surface area contributed by atoms with Crippen molar-refractivity contribution in [2.75, 3.05) is 6.54 Å². The summed E-state index contributed by atoms with van der Waals surface area (Å²) in [7, 11) is 0. The van der Waals surface area contributed by atoms with Crippen molar-refractivity contribution in [2.45, 2.75) is 45.7 Å². The second-order valence-corrected chi connectivity index (χ2v) is 5.96. The van der Waals surface area contributed by atoms with Gasteiger partial charge < -0.3 is 10.6 Å². The lowest BCUT2D eigenvalue weighted by Gasteiger charge is -2.38. The largest absolute Gasteiger partial charge is 0.347 e. The summed E-state index contributed by atoms with van der Waals surface area (Å²) in [5.41, 5.74) is 0.899. The highest BCUT2D eigenvalue weighted by molar-refractivity contribution is 5.83.